The number of nitrogens with zero attached hydrogens (tertiary/aromatic N) is 1. The molecule has 4 heteroatoms. The highest BCUT2D eigenvalue weighted by molar-refractivity contribution is 5.96. The van der Waals surface area contributed by atoms with Crippen molar-refractivity contribution >= 4 is 17.5 Å². The fourth-order valence-corrected chi connectivity index (χ4v) is 3.52. The number of urea groups is 1. The molecular formula is C23H28N2O2. The van der Waals surface area contributed by atoms with E-state index in [9.17, 15) is 9.59 Å². The summed E-state index contributed by atoms with van der Waals surface area (Å²) in [5.41, 5.74) is 3.78. The van der Waals surface area contributed by atoms with Crippen LogP contribution in [0.3, 0.4) is 0 Å². The maximum atomic E-state index is 13.0. The zero-order chi connectivity index (χ0) is 19.4. The van der Waals surface area contributed by atoms with Crippen molar-refractivity contribution in [2.75, 3.05) is 11.9 Å². The van der Waals surface area contributed by atoms with Gasteiger partial charge in [-0.3, -0.25) is 4.79 Å². The average Bonchev–Trinajstić information content (AvgIpc) is 3.48. The Morgan fingerprint density at radius 2 is 1.85 bits per heavy atom. The molecule has 0 spiro atoms. The first-order valence-corrected chi connectivity index (χ1v) is 9.72. The molecule has 0 aliphatic heterocycles. The Labute approximate surface area is 161 Å². The van der Waals surface area contributed by atoms with Crippen molar-refractivity contribution in [2.24, 2.45) is 5.92 Å². The van der Waals surface area contributed by atoms with Crippen LogP contribution in [0.4, 0.5) is 10.5 Å². The lowest BCUT2D eigenvalue weighted by Gasteiger charge is -2.31. The Morgan fingerprint density at radius 1 is 1.15 bits per heavy atom. The summed E-state index contributed by atoms with van der Waals surface area (Å²) in [7, 11) is 0. The molecule has 0 radical (unpaired) electrons. The topological polar surface area (TPSA) is 49.4 Å². The van der Waals surface area contributed by atoms with Gasteiger partial charge in [-0.25, -0.2) is 4.79 Å². The lowest BCUT2D eigenvalue weighted by atomic mass is 10.00. The fraction of sp³-hybridized carbons (Fsp3) is 0.391. The van der Waals surface area contributed by atoms with Crippen LogP contribution in [-0.4, -0.2) is 29.3 Å². The van der Waals surface area contributed by atoms with Gasteiger partial charge >= 0.3 is 6.03 Å². The number of aryl methyl sites for hydroxylation is 1. The normalized spacial score (nSPS) is 14.5. The lowest BCUT2D eigenvalue weighted by molar-refractivity contribution is 0.101. The maximum absolute atomic E-state index is 13.0. The predicted molar refractivity (Wildman–Crippen MR) is 109 cm³/mol. The first kappa shape index (κ1) is 19.2. The quantitative estimate of drug-likeness (QED) is 0.697. The minimum absolute atomic E-state index is 0.00586. The molecular weight excluding hydrogens is 336 g/mol. The van der Waals surface area contributed by atoms with Crippen molar-refractivity contribution in [3.8, 4) is 0 Å². The third-order valence-corrected chi connectivity index (χ3v) is 5.25. The number of ketones is 1. The van der Waals surface area contributed by atoms with Crippen LogP contribution in [0, 0.1) is 12.8 Å². The highest BCUT2D eigenvalue weighted by Gasteiger charge is 2.36. The van der Waals surface area contributed by atoms with E-state index >= 15 is 0 Å². The fourth-order valence-electron chi connectivity index (χ4n) is 3.52. The van der Waals surface area contributed by atoms with E-state index in [1.165, 1.54) is 30.9 Å². The number of amides is 2. The minimum Gasteiger partial charge on any atom is -0.321 e. The van der Waals surface area contributed by atoms with E-state index in [1.807, 2.05) is 17.9 Å². The van der Waals surface area contributed by atoms with Crippen LogP contribution in [0.25, 0.3) is 0 Å². The van der Waals surface area contributed by atoms with E-state index in [-0.39, 0.29) is 17.9 Å². The second-order valence-corrected chi connectivity index (χ2v) is 7.45. The molecule has 142 valence electrons. The van der Waals surface area contributed by atoms with Gasteiger partial charge in [0, 0.05) is 23.8 Å². The molecule has 1 N–H and O–H groups in total. The molecule has 1 saturated carbocycles. The van der Waals surface area contributed by atoms with E-state index in [0.29, 0.717) is 23.7 Å². The van der Waals surface area contributed by atoms with Crippen LogP contribution >= 0.6 is 0 Å². The molecule has 1 atom stereocenters. The Balaban J connectivity index is 1.74. The first-order chi connectivity index (χ1) is 13.0. The number of benzene rings is 2. The van der Waals surface area contributed by atoms with Crippen molar-refractivity contribution in [3.05, 3.63) is 65.2 Å². The molecule has 1 fully saturated rings. The van der Waals surface area contributed by atoms with Gasteiger partial charge < -0.3 is 10.2 Å². The zero-order valence-corrected chi connectivity index (χ0v) is 16.4. The molecule has 2 aromatic carbocycles. The second-order valence-electron chi connectivity index (χ2n) is 7.45. The highest BCUT2D eigenvalue weighted by Crippen LogP contribution is 2.37. The lowest BCUT2D eigenvalue weighted by Crippen LogP contribution is -2.45. The predicted octanol–water partition coefficient (Wildman–Crippen LogP) is 5.07. The van der Waals surface area contributed by atoms with Crippen LogP contribution in [0.15, 0.2) is 48.5 Å². The molecule has 1 aliphatic carbocycles. The van der Waals surface area contributed by atoms with Gasteiger partial charge in [-0.1, -0.05) is 42.0 Å². The number of nitrogens with one attached hydrogen (secondary N) is 1. The van der Waals surface area contributed by atoms with Crippen molar-refractivity contribution < 1.29 is 9.59 Å². The minimum atomic E-state index is -0.0952. The summed E-state index contributed by atoms with van der Waals surface area (Å²) >= 11 is 0. The van der Waals surface area contributed by atoms with E-state index in [1.54, 1.807) is 18.2 Å². The van der Waals surface area contributed by atoms with Crippen molar-refractivity contribution in [1.82, 2.24) is 4.90 Å². The summed E-state index contributed by atoms with van der Waals surface area (Å²) in [6, 6.07) is 15.8. The van der Waals surface area contributed by atoms with Crippen molar-refractivity contribution in [3.63, 3.8) is 0 Å². The molecule has 0 heterocycles. The number of carbonyl (C=O) groups is 2. The molecule has 1 aliphatic rings. The SMILES string of the molecule is CCN(C(=O)Nc1cccc(C(C)=O)c1)[C@@H](Cc1ccc(C)cc1)C1CC1. The van der Waals surface area contributed by atoms with E-state index in [4.69, 9.17) is 0 Å². The first-order valence-electron chi connectivity index (χ1n) is 9.72. The number of hydrogen-bond donors (Lipinski definition) is 1. The highest BCUT2D eigenvalue weighted by atomic mass is 16.2. The Morgan fingerprint density at radius 3 is 2.44 bits per heavy atom. The standard InChI is InChI=1S/C23H28N2O2/c1-4-25(23(27)24-21-7-5-6-20(15-21)17(3)26)22(19-12-13-19)14-18-10-8-16(2)9-11-18/h5-11,15,19,22H,4,12-14H2,1-3H3,(H,24,27)/t22-/m0/s1. The van der Waals surface area contributed by atoms with E-state index in [0.717, 1.165) is 6.42 Å². The number of hydrogen-bond acceptors (Lipinski definition) is 2. The van der Waals surface area contributed by atoms with E-state index in [2.05, 4.69) is 36.5 Å². The Kier molecular flexibility index (Phi) is 5.94. The molecule has 2 aromatic rings. The molecule has 0 bridgehead atoms. The number of anilines is 1. The number of Topliss-reactive ketones (excluding diaryl/α,β-unsaturated/α-hetero) is 1. The van der Waals surface area contributed by atoms with Crippen LogP contribution < -0.4 is 5.32 Å². The zero-order valence-electron chi connectivity index (χ0n) is 16.4. The van der Waals surface area contributed by atoms with Gasteiger partial charge in [0.25, 0.3) is 0 Å². The van der Waals surface area contributed by atoms with Crippen LogP contribution in [-0.2, 0) is 6.42 Å². The van der Waals surface area contributed by atoms with Gasteiger partial charge in [0.15, 0.2) is 5.78 Å². The summed E-state index contributed by atoms with van der Waals surface area (Å²) in [5.74, 6) is 0.564. The van der Waals surface area contributed by atoms with Gasteiger partial charge in [-0.15, -0.1) is 0 Å². The summed E-state index contributed by atoms with van der Waals surface area (Å²) in [5, 5.41) is 2.98. The van der Waals surface area contributed by atoms with E-state index < -0.39 is 0 Å². The molecule has 0 saturated heterocycles. The molecule has 0 aromatic heterocycles. The van der Waals surface area contributed by atoms with Crippen LogP contribution in [0.5, 0.6) is 0 Å². The second kappa shape index (κ2) is 8.38. The summed E-state index contributed by atoms with van der Waals surface area (Å²) in [6.07, 6.45) is 3.24. The molecule has 4 nitrogen and oxygen atoms in total. The van der Waals surface area contributed by atoms with Gasteiger partial charge in [-0.05, 0) is 63.6 Å². The van der Waals surface area contributed by atoms with Gasteiger partial charge in [0.1, 0.15) is 0 Å². The van der Waals surface area contributed by atoms with Crippen molar-refractivity contribution in [1.29, 1.82) is 0 Å². The molecule has 2 amide bonds. The number of carbonyl (C=O) groups excluding carboxylic acids is 2. The van der Waals surface area contributed by atoms with Gasteiger partial charge in [-0.2, -0.15) is 0 Å². The van der Waals surface area contributed by atoms with Gasteiger partial charge in [0.05, 0.1) is 0 Å². The Bertz CT molecular complexity index is 809. The average molecular weight is 364 g/mol. The third kappa shape index (κ3) is 4.97. The van der Waals surface area contributed by atoms with Gasteiger partial charge in [0.2, 0.25) is 0 Å². The largest absolute Gasteiger partial charge is 0.322 e. The molecule has 0 unspecified atom stereocenters. The van der Waals surface area contributed by atoms with Crippen LogP contribution in [0.1, 0.15) is 48.2 Å². The smallest absolute Gasteiger partial charge is 0.321 e. The molecule has 27 heavy (non-hydrogen) atoms. The number of rotatable bonds is 7. The summed E-state index contributed by atoms with van der Waals surface area (Å²) < 4.78 is 0. The van der Waals surface area contributed by atoms with Crippen molar-refractivity contribution in [2.45, 2.75) is 46.1 Å². The third-order valence-electron chi connectivity index (χ3n) is 5.25. The monoisotopic (exact) mass is 364 g/mol. The molecule has 3 rings (SSSR count). The Hall–Kier alpha value is -2.62. The summed E-state index contributed by atoms with van der Waals surface area (Å²) in [6.45, 7) is 6.30. The number of likely N-dealkylation sites (N-methyl/N-ethyl adjacent to an activating group) is 1. The van der Waals surface area contributed by atoms with Crippen LogP contribution in [0.2, 0.25) is 0 Å². The maximum Gasteiger partial charge on any atom is 0.322 e. The summed E-state index contributed by atoms with van der Waals surface area (Å²) in [4.78, 5) is 26.5.